The number of nitrogens with two attached hydrogens (primary N) is 1. The molecule has 2 saturated heterocycles. The number of aromatic amines is 1. The van der Waals surface area contributed by atoms with Crippen molar-refractivity contribution in [3.8, 4) is 0 Å². The van der Waals surface area contributed by atoms with E-state index < -0.39 is 6.04 Å². The molecular formula is C24H30N6O. The third-order valence-electron chi connectivity index (χ3n) is 7.18. The second kappa shape index (κ2) is 7.96. The van der Waals surface area contributed by atoms with Gasteiger partial charge < -0.3 is 15.5 Å². The molecule has 0 radical (unpaired) electrons. The van der Waals surface area contributed by atoms with Crippen LogP contribution in [0.25, 0.3) is 10.9 Å². The molecule has 0 bridgehead atoms. The van der Waals surface area contributed by atoms with E-state index in [1.165, 1.54) is 5.69 Å². The molecule has 3 aromatic rings. The number of aryl methyl sites for hydroxylation is 1. The highest BCUT2D eigenvalue weighted by Crippen LogP contribution is 2.41. The van der Waals surface area contributed by atoms with E-state index in [1.54, 1.807) is 0 Å². The number of carbonyl (C=O) groups excluding carboxylic acids is 1. The topological polar surface area (TPSA) is 91.1 Å². The molecule has 1 atom stereocenters. The number of H-pyrrole nitrogens is 1. The summed E-state index contributed by atoms with van der Waals surface area (Å²) < 4.78 is 0. The van der Waals surface area contributed by atoms with Crippen molar-refractivity contribution in [2.75, 3.05) is 31.1 Å². The maximum absolute atomic E-state index is 13.1. The van der Waals surface area contributed by atoms with E-state index in [2.05, 4.69) is 51.3 Å². The van der Waals surface area contributed by atoms with E-state index >= 15 is 0 Å². The maximum atomic E-state index is 13.1. The fraction of sp³-hybridized carbons (Fsp3) is 0.458. The number of carbonyl (C=O) groups is 1. The quantitative estimate of drug-likeness (QED) is 0.680. The summed E-state index contributed by atoms with van der Waals surface area (Å²) >= 11 is 0. The number of fused-ring (bicyclic) bond motifs is 1. The van der Waals surface area contributed by atoms with Crippen LogP contribution >= 0.6 is 0 Å². The van der Waals surface area contributed by atoms with E-state index in [0.717, 1.165) is 67.5 Å². The summed E-state index contributed by atoms with van der Waals surface area (Å²) in [5.41, 5.74) is 11.1. The van der Waals surface area contributed by atoms with Gasteiger partial charge in [0, 0.05) is 49.6 Å². The number of hydrogen-bond acceptors (Lipinski definition) is 5. The van der Waals surface area contributed by atoms with Gasteiger partial charge in [-0.25, -0.2) is 0 Å². The first-order valence-corrected chi connectivity index (χ1v) is 11.1. The van der Waals surface area contributed by atoms with E-state index in [1.807, 2.05) is 23.5 Å². The Morgan fingerprint density at radius 1 is 1.19 bits per heavy atom. The molecule has 3 N–H and O–H groups in total. The molecule has 1 amide bonds. The van der Waals surface area contributed by atoms with Crippen LogP contribution in [-0.4, -0.2) is 58.2 Å². The van der Waals surface area contributed by atoms with E-state index in [4.69, 9.17) is 5.73 Å². The highest BCUT2D eigenvalue weighted by Gasteiger charge is 2.42. The number of likely N-dealkylation sites (tertiary alicyclic amines) is 1. The fourth-order valence-corrected chi connectivity index (χ4v) is 5.33. The Hall–Kier alpha value is -2.93. The monoisotopic (exact) mass is 418 g/mol. The fourth-order valence-electron chi connectivity index (χ4n) is 5.33. The number of rotatable bonds is 4. The number of hydrogen-bond donors (Lipinski definition) is 2. The van der Waals surface area contributed by atoms with Crippen molar-refractivity contribution in [3.63, 3.8) is 0 Å². The zero-order valence-corrected chi connectivity index (χ0v) is 18.1. The third-order valence-corrected chi connectivity index (χ3v) is 7.18. The van der Waals surface area contributed by atoms with Crippen molar-refractivity contribution in [1.82, 2.24) is 20.1 Å². The molecule has 0 unspecified atom stereocenters. The minimum Gasteiger partial charge on any atom is -0.371 e. The van der Waals surface area contributed by atoms with Crippen LogP contribution in [0.1, 0.15) is 30.4 Å². The Balaban J connectivity index is 1.20. The molecule has 2 aliphatic heterocycles. The van der Waals surface area contributed by atoms with Crippen molar-refractivity contribution in [1.29, 1.82) is 0 Å². The molecule has 1 spiro atoms. The average Bonchev–Trinajstić information content (AvgIpc) is 3.42. The molecule has 31 heavy (non-hydrogen) atoms. The van der Waals surface area contributed by atoms with Gasteiger partial charge in [0.2, 0.25) is 5.91 Å². The Labute approximate surface area is 182 Å². The minimum atomic E-state index is -0.504. The first-order chi connectivity index (χ1) is 15.0. The predicted molar refractivity (Wildman–Crippen MR) is 122 cm³/mol. The molecule has 162 valence electrons. The van der Waals surface area contributed by atoms with Crippen LogP contribution in [0.2, 0.25) is 0 Å². The Morgan fingerprint density at radius 3 is 2.71 bits per heavy atom. The normalized spacial score (nSPS) is 19.3. The van der Waals surface area contributed by atoms with Gasteiger partial charge in [-0.05, 0) is 67.3 Å². The molecule has 7 heteroatoms. The lowest BCUT2D eigenvalue weighted by atomic mass is 9.77. The summed E-state index contributed by atoms with van der Waals surface area (Å²) in [6, 6.07) is 7.83. The molecule has 1 aromatic carbocycles. The van der Waals surface area contributed by atoms with Crippen LogP contribution in [0.4, 0.5) is 5.69 Å². The lowest BCUT2D eigenvalue weighted by molar-refractivity contribution is -0.132. The van der Waals surface area contributed by atoms with Crippen molar-refractivity contribution in [3.05, 3.63) is 54.0 Å². The Kier molecular flexibility index (Phi) is 5.14. The van der Waals surface area contributed by atoms with Gasteiger partial charge in [0.25, 0.3) is 0 Å². The van der Waals surface area contributed by atoms with Crippen molar-refractivity contribution in [2.24, 2.45) is 11.1 Å². The first kappa shape index (κ1) is 20.0. The smallest absolute Gasteiger partial charge is 0.239 e. The van der Waals surface area contributed by atoms with Crippen LogP contribution in [0.15, 0.2) is 42.9 Å². The molecule has 0 aliphatic carbocycles. The van der Waals surface area contributed by atoms with Gasteiger partial charge in [-0.2, -0.15) is 5.10 Å². The van der Waals surface area contributed by atoms with Gasteiger partial charge in [-0.1, -0.05) is 6.07 Å². The Bertz CT molecular complexity index is 1070. The standard InChI is InChI=1S/C24H30N6O/c1-17-12-18(13-19-15-27-28-22(17)19)14-21(25)23(31)30-11-6-24(16-30)4-9-29(10-5-24)20-2-7-26-8-3-20/h2-3,7-8,12-13,15,21H,4-6,9-11,14,16,25H2,1H3,(H,27,28)/t21-/m1/s1. The number of pyridine rings is 1. The van der Waals surface area contributed by atoms with E-state index in [-0.39, 0.29) is 11.3 Å². The molecule has 2 fully saturated rings. The van der Waals surface area contributed by atoms with Crippen LogP contribution in [0.3, 0.4) is 0 Å². The highest BCUT2D eigenvalue weighted by atomic mass is 16.2. The van der Waals surface area contributed by atoms with Crippen LogP contribution in [0, 0.1) is 12.3 Å². The van der Waals surface area contributed by atoms with E-state index in [0.29, 0.717) is 6.42 Å². The summed E-state index contributed by atoms with van der Waals surface area (Å²) in [7, 11) is 0. The first-order valence-electron chi connectivity index (χ1n) is 11.1. The predicted octanol–water partition coefficient (Wildman–Crippen LogP) is 2.66. The van der Waals surface area contributed by atoms with Gasteiger partial charge in [-0.15, -0.1) is 0 Å². The van der Waals surface area contributed by atoms with Crippen LogP contribution in [0.5, 0.6) is 0 Å². The SMILES string of the molecule is Cc1cc(C[C@@H](N)C(=O)N2CCC3(CCN(c4ccncc4)CC3)C2)cc2cn[nH]c12. The molecule has 4 heterocycles. The second-order valence-corrected chi connectivity index (χ2v) is 9.26. The maximum Gasteiger partial charge on any atom is 0.239 e. The van der Waals surface area contributed by atoms with Crippen LogP contribution < -0.4 is 10.6 Å². The van der Waals surface area contributed by atoms with Crippen molar-refractivity contribution < 1.29 is 4.79 Å². The minimum absolute atomic E-state index is 0.0818. The van der Waals surface area contributed by atoms with Crippen LogP contribution in [-0.2, 0) is 11.2 Å². The lowest BCUT2D eigenvalue weighted by Crippen LogP contribution is -2.46. The summed E-state index contributed by atoms with van der Waals surface area (Å²) in [6.45, 7) is 5.77. The van der Waals surface area contributed by atoms with Crippen molar-refractivity contribution >= 4 is 22.5 Å². The molecule has 0 saturated carbocycles. The van der Waals surface area contributed by atoms with Gasteiger partial charge in [0.15, 0.2) is 0 Å². The molecule has 2 aromatic heterocycles. The van der Waals surface area contributed by atoms with Crippen molar-refractivity contribution in [2.45, 2.75) is 38.6 Å². The molecule has 2 aliphatic rings. The molecule has 5 rings (SSSR count). The number of benzene rings is 1. The van der Waals surface area contributed by atoms with Gasteiger partial charge >= 0.3 is 0 Å². The van der Waals surface area contributed by atoms with Gasteiger partial charge in [0.1, 0.15) is 0 Å². The molecular weight excluding hydrogens is 388 g/mol. The lowest BCUT2D eigenvalue weighted by Gasteiger charge is -2.40. The number of nitrogens with zero attached hydrogens (tertiary/aromatic N) is 4. The number of amides is 1. The third kappa shape index (κ3) is 3.90. The number of anilines is 1. The Morgan fingerprint density at radius 2 is 1.94 bits per heavy atom. The zero-order chi connectivity index (χ0) is 21.4. The number of aromatic nitrogens is 3. The number of piperidine rings is 1. The largest absolute Gasteiger partial charge is 0.371 e. The summed E-state index contributed by atoms with van der Waals surface area (Å²) in [5.74, 6) is 0.0818. The average molecular weight is 419 g/mol. The molecule has 7 nitrogen and oxygen atoms in total. The van der Waals surface area contributed by atoms with Gasteiger partial charge in [-0.3, -0.25) is 14.9 Å². The summed E-state index contributed by atoms with van der Waals surface area (Å²) in [4.78, 5) is 21.7. The van der Waals surface area contributed by atoms with E-state index in [9.17, 15) is 4.79 Å². The second-order valence-electron chi connectivity index (χ2n) is 9.26. The highest BCUT2D eigenvalue weighted by molar-refractivity contribution is 5.84. The summed E-state index contributed by atoms with van der Waals surface area (Å²) in [5, 5.41) is 8.20. The van der Waals surface area contributed by atoms with Gasteiger partial charge in [0.05, 0.1) is 17.8 Å². The summed E-state index contributed by atoms with van der Waals surface area (Å²) in [6.07, 6.45) is 9.39. The zero-order valence-electron chi connectivity index (χ0n) is 18.1. The number of nitrogens with one attached hydrogen (secondary N) is 1.